The summed E-state index contributed by atoms with van der Waals surface area (Å²) in [5, 5.41) is 10.0. The van der Waals surface area contributed by atoms with Gasteiger partial charge in [0, 0.05) is 24.4 Å². The molecule has 1 aromatic heterocycles. The van der Waals surface area contributed by atoms with Gasteiger partial charge >= 0.3 is 13.4 Å². The molecule has 3 unspecified atom stereocenters. The fourth-order valence-corrected chi connectivity index (χ4v) is 4.39. The van der Waals surface area contributed by atoms with Crippen molar-refractivity contribution in [3.63, 3.8) is 0 Å². The Labute approximate surface area is 176 Å². The van der Waals surface area contributed by atoms with Crippen molar-refractivity contribution in [2.75, 3.05) is 33.1 Å². The van der Waals surface area contributed by atoms with E-state index in [0.717, 1.165) is 22.5 Å². The maximum atomic E-state index is 14.6. The minimum atomic E-state index is -3.79. The van der Waals surface area contributed by atoms with E-state index >= 15 is 0 Å². The number of carbonyl (C=O) groups is 1. The number of carbonyl (C=O) groups excluding carboxylic acids is 1. The Morgan fingerprint density at radius 2 is 2.10 bits per heavy atom. The zero-order valence-corrected chi connectivity index (χ0v) is 18.7. The van der Waals surface area contributed by atoms with Crippen LogP contribution >= 0.6 is 19.5 Å². The van der Waals surface area contributed by atoms with Crippen LogP contribution < -0.4 is 11.2 Å². The number of hydrogen-bond acceptors (Lipinski definition) is 9. The van der Waals surface area contributed by atoms with Crippen LogP contribution in [0.3, 0.4) is 0 Å². The lowest BCUT2D eigenvalue weighted by molar-refractivity contribution is -0.109. The molecule has 2 heterocycles. The van der Waals surface area contributed by atoms with Crippen molar-refractivity contribution in [1.29, 1.82) is 0 Å². The number of aromatic amines is 1. The molecule has 2 N–H and O–H groups in total. The first-order chi connectivity index (χ1) is 14.0. The van der Waals surface area contributed by atoms with Gasteiger partial charge in [0.15, 0.2) is 17.5 Å². The van der Waals surface area contributed by atoms with Gasteiger partial charge in [-0.25, -0.2) is 18.4 Å². The summed E-state index contributed by atoms with van der Waals surface area (Å²) in [6.07, 6.45) is -5.27. The average Bonchev–Trinajstić information content (AvgIpc) is 2.94. The van der Waals surface area contributed by atoms with Crippen molar-refractivity contribution in [2.24, 2.45) is 0 Å². The van der Waals surface area contributed by atoms with E-state index in [-0.39, 0.29) is 23.0 Å². The van der Waals surface area contributed by atoms with Crippen molar-refractivity contribution < 1.29 is 32.6 Å². The third-order valence-corrected chi connectivity index (χ3v) is 6.99. The van der Waals surface area contributed by atoms with Crippen LogP contribution in [-0.4, -0.2) is 75.9 Å². The molecule has 0 aromatic carbocycles. The zero-order valence-electron chi connectivity index (χ0n) is 16.9. The second-order valence-corrected chi connectivity index (χ2v) is 10.3. The van der Waals surface area contributed by atoms with Crippen LogP contribution in [0.15, 0.2) is 15.8 Å². The van der Waals surface area contributed by atoms with Crippen LogP contribution in [0.1, 0.15) is 18.7 Å². The normalized spacial score (nSPS) is 26.1. The Balaban J connectivity index is 2.06. The van der Waals surface area contributed by atoms with E-state index < -0.39 is 50.2 Å². The number of rotatable bonds is 9. The molecule has 0 amide bonds. The van der Waals surface area contributed by atoms with E-state index in [1.54, 1.807) is 0 Å². The summed E-state index contributed by atoms with van der Waals surface area (Å²) in [4.78, 5) is 36.5. The minimum absolute atomic E-state index is 0.0335. The summed E-state index contributed by atoms with van der Waals surface area (Å²) < 4.78 is 45.5. The van der Waals surface area contributed by atoms with E-state index in [0.29, 0.717) is 0 Å². The van der Waals surface area contributed by atoms with E-state index in [4.69, 9.17) is 13.8 Å². The molecule has 14 heteroatoms. The molecule has 0 aliphatic carbocycles. The first-order valence-corrected chi connectivity index (χ1v) is 11.4. The van der Waals surface area contributed by atoms with Gasteiger partial charge in [0.25, 0.3) is 5.56 Å². The lowest BCUT2D eigenvalue weighted by Crippen LogP contribution is -2.36. The van der Waals surface area contributed by atoms with E-state index in [1.165, 1.54) is 32.6 Å². The quantitative estimate of drug-likeness (QED) is 0.386. The molecule has 0 radical (unpaired) electrons. The predicted molar refractivity (Wildman–Crippen MR) is 107 cm³/mol. The number of aromatic nitrogens is 2. The summed E-state index contributed by atoms with van der Waals surface area (Å²) in [5.74, 6) is 0.266. The van der Waals surface area contributed by atoms with E-state index in [1.807, 2.05) is 4.98 Å². The molecule has 0 saturated carbocycles. The van der Waals surface area contributed by atoms with Crippen molar-refractivity contribution in [2.45, 2.75) is 38.5 Å². The monoisotopic (exact) mass is 469 g/mol. The molecule has 1 aromatic rings. The van der Waals surface area contributed by atoms with E-state index in [9.17, 15) is 28.4 Å². The van der Waals surface area contributed by atoms with Gasteiger partial charge in [-0.05, 0) is 21.0 Å². The Kier molecular flexibility index (Phi) is 8.57. The summed E-state index contributed by atoms with van der Waals surface area (Å²) in [6.45, 7) is 2.31. The molecule has 1 saturated heterocycles. The van der Waals surface area contributed by atoms with Gasteiger partial charge in [-0.3, -0.25) is 28.2 Å². The lowest BCUT2D eigenvalue weighted by Gasteiger charge is -2.25. The van der Waals surface area contributed by atoms with Crippen molar-refractivity contribution in [3.8, 4) is 0 Å². The van der Waals surface area contributed by atoms with Gasteiger partial charge in [-0.15, -0.1) is 0 Å². The minimum Gasteiger partial charge on any atom is -0.387 e. The van der Waals surface area contributed by atoms with Crippen molar-refractivity contribution >= 4 is 24.6 Å². The van der Waals surface area contributed by atoms with Gasteiger partial charge < -0.3 is 9.84 Å². The molecule has 170 valence electrons. The van der Waals surface area contributed by atoms with Crippen LogP contribution in [0.25, 0.3) is 0 Å². The highest BCUT2D eigenvalue weighted by molar-refractivity contribution is 8.13. The summed E-state index contributed by atoms with van der Waals surface area (Å²) in [5.41, 5.74) is -1.34. The fraction of sp³-hybridized carbons (Fsp3) is 0.688. The average molecular weight is 469 g/mol. The number of aliphatic hydroxyl groups excluding tert-OH is 1. The zero-order chi connectivity index (χ0) is 22.6. The number of H-pyrrole nitrogens is 1. The van der Waals surface area contributed by atoms with Gasteiger partial charge in [0.1, 0.15) is 12.2 Å². The summed E-state index contributed by atoms with van der Waals surface area (Å²) in [6, 6.07) is 0. The number of halogens is 1. The third kappa shape index (κ3) is 5.88. The standard InChI is InChI=1S/C16H25FN3O8PS/c1-9-7-20(16(24)18-14(9)23)15-12(17)13(22)11(28-15)8-27-29(25,19(3)4)26-5-6-30-10(2)21/h7,11-13,15,22H,5-6,8H2,1-4H3,(H,18,23,24)/t11-,12?,13?,15-,29?/m0/s1. The Morgan fingerprint density at radius 1 is 1.43 bits per heavy atom. The molecule has 1 aliphatic heterocycles. The summed E-state index contributed by atoms with van der Waals surface area (Å²) in [7, 11) is -0.881. The number of nitrogens with zero attached hydrogens (tertiary/aromatic N) is 2. The molecule has 1 aliphatic rings. The van der Waals surface area contributed by atoms with Crippen molar-refractivity contribution in [3.05, 3.63) is 32.6 Å². The molecule has 2 rings (SSSR count). The molecular weight excluding hydrogens is 444 g/mol. The molecule has 1 fully saturated rings. The highest BCUT2D eigenvalue weighted by atomic mass is 32.2. The molecule has 0 spiro atoms. The van der Waals surface area contributed by atoms with Crippen LogP contribution in [-0.2, 0) is 23.1 Å². The second kappa shape index (κ2) is 10.3. The first-order valence-electron chi connectivity index (χ1n) is 8.96. The highest BCUT2D eigenvalue weighted by Gasteiger charge is 2.47. The number of aliphatic hydroxyl groups is 1. The van der Waals surface area contributed by atoms with Gasteiger partial charge in [-0.1, -0.05) is 11.8 Å². The smallest absolute Gasteiger partial charge is 0.387 e. The van der Waals surface area contributed by atoms with E-state index in [2.05, 4.69) is 0 Å². The SMILES string of the molecule is CC(=O)SCCOP(=O)(OC[C@@H]1O[C@H](n2cc(C)c(=O)[nH]c2=O)C(F)C1O)N(C)C. The fourth-order valence-electron chi connectivity index (χ4n) is 2.61. The number of ether oxygens (including phenoxy) is 1. The molecule has 11 nitrogen and oxygen atoms in total. The summed E-state index contributed by atoms with van der Waals surface area (Å²) >= 11 is 0.998. The van der Waals surface area contributed by atoms with Crippen LogP contribution in [0.4, 0.5) is 4.39 Å². The molecule has 0 bridgehead atoms. The largest absolute Gasteiger partial charge is 0.407 e. The topological polar surface area (TPSA) is 140 Å². The Morgan fingerprint density at radius 3 is 2.70 bits per heavy atom. The third-order valence-electron chi connectivity index (χ3n) is 4.25. The number of hydrogen-bond donors (Lipinski definition) is 2. The lowest BCUT2D eigenvalue weighted by atomic mass is 10.1. The Hall–Kier alpha value is -1.34. The molecular formula is C16H25FN3O8PS. The Bertz CT molecular complexity index is 922. The number of nitrogens with one attached hydrogen (secondary N) is 1. The highest BCUT2D eigenvalue weighted by Crippen LogP contribution is 2.50. The maximum absolute atomic E-state index is 14.6. The van der Waals surface area contributed by atoms with Crippen LogP contribution in [0.5, 0.6) is 0 Å². The number of aryl methyl sites for hydroxylation is 1. The van der Waals surface area contributed by atoms with Crippen molar-refractivity contribution in [1.82, 2.24) is 14.2 Å². The molecule has 30 heavy (non-hydrogen) atoms. The van der Waals surface area contributed by atoms with Crippen LogP contribution in [0.2, 0.25) is 0 Å². The van der Waals surface area contributed by atoms with Crippen LogP contribution in [0, 0.1) is 6.92 Å². The number of alkyl halides is 1. The maximum Gasteiger partial charge on any atom is 0.407 e. The predicted octanol–water partition coefficient (Wildman–Crippen LogP) is 0.424. The number of thioether (sulfide) groups is 1. The van der Waals surface area contributed by atoms with Gasteiger partial charge in [0.2, 0.25) is 0 Å². The second-order valence-electron chi connectivity index (χ2n) is 6.76. The van der Waals surface area contributed by atoms with Gasteiger partial charge in [0.05, 0.1) is 13.2 Å². The van der Waals surface area contributed by atoms with Gasteiger partial charge in [-0.2, -0.15) is 0 Å². The molecule has 5 atom stereocenters. The first kappa shape index (κ1) is 24.9.